The smallest absolute Gasteiger partial charge is 0.258 e. The number of anilines is 1. The van der Waals surface area contributed by atoms with E-state index in [1.54, 1.807) is 23.6 Å². The van der Waals surface area contributed by atoms with Gasteiger partial charge in [0.2, 0.25) is 5.91 Å². The number of rotatable bonds is 6. The number of para-hydroxylation sites is 1. The van der Waals surface area contributed by atoms with Gasteiger partial charge in [-0.3, -0.25) is 9.59 Å². The molecule has 0 radical (unpaired) electrons. The van der Waals surface area contributed by atoms with Gasteiger partial charge in [0, 0.05) is 35.7 Å². The molecule has 28 heavy (non-hydrogen) atoms. The Morgan fingerprint density at radius 2 is 1.93 bits per heavy atom. The second-order valence-corrected chi connectivity index (χ2v) is 7.24. The molecule has 2 N–H and O–H groups in total. The van der Waals surface area contributed by atoms with E-state index < -0.39 is 0 Å². The molecule has 0 atom stereocenters. The third kappa shape index (κ3) is 4.15. The molecular weight excluding hydrogens is 372 g/mol. The van der Waals surface area contributed by atoms with Crippen LogP contribution in [0.15, 0.2) is 64.9 Å². The average molecular weight is 390 g/mol. The van der Waals surface area contributed by atoms with E-state index >= 15 is 0 Å². The van der Waals surface area contributed by atoms with E-state index in [1.807, 2.05) is 47.8 Å². The second-order valence-electron chi connectivity index (χ2n) is 6.35. The fourth-order valence-electron chi connectivity index (χ4n) is 2.96. The number of hydrogen-bond acceptors (Lipinski definition) is 5. The van der Waals surface area contributed by atoms with E-state index in [1.165, 1.54) is 0 Å². The quantitative estimate of drug-likeness (QED) is 0.521. The van der Waals surface area contributed by atoms with Gasteiger partial charge in [0.25, 0.3) is 5.56 Å². The van der Waals surface area contributed by atoms with Crippen molar-refractivity contribution in [2.45, 2.75) is 19.3 Å². The van der Waals surface area contributed by atoms with Gasteiger partial charge in [0.05, 0.1) is 10.9 Å². The first-order chi connectivity index (χ1) is 13.7. The van der Waals surface area contributed by atoms with Crippen LogP contribution in [-0.2, 0) is 11.2 Å². The van der Waals surface area contributed by atoms with E-state index in [0.29, 0.717) is 36.0 Å². The highest BCUT2D eigenvalue weighted by Gasteiger charge is 2.07. The number of thiazole rings is 1. The molecule has 140 valence electrons. The monoisotopic (exact) mass is 390 g/mol. The normalized spacial score (nSPS) is 10.9. The summed E-state index contributed by atoms with van der Waals surface area (Å²) in [4.78, 5) is 35.8. The standard InChI is InChI=1S/C21H18N4O2S/c26-19(23-15-10-8-14(9-11-15)21-22-12-13-28-21)7-3-6-18-24-17-5-2-1-4-16(17)20(27)25-18/h1-2,4-5,8-13H,3,6-7H2,(H,23,26)(H,24,25,27). The molecule has 6 nitrogen and oxygen atoms in total. The first-order valence-corrected chi connectivity index (χ1v) is 9.85. The molecule has 0 saturated carbocycles. The molecule has 0 aliphatic carbocycles. The van der Waals surface area contributed by atoms with Gasteiger partial charge < -0.3 is 10.3 Å². The molecule has 4 aromatic rings. The van der Waals surface area contributed by atoms with E-state index in [0.717, 1.165) is 16.3 Å². The molecule has 1 amide bonds. The van der Waals surface area contributed by atoms with Crippen molar-refractivity contribution in [1.82, 2.24) is 15.0 Å². The number of carbonyl (C=O) groups is 1. The Balaban J connectivity index is 1.32. The third-order valence-corrected chi connectivity index (χ3v) is 5.15. The average Bonchev–Trinajstić information content (AvgIpc) is 3.23. The molecule has 0 spiro atoms. The minimum absolute atomic E-state index is 0.0647. The van der Waals surface area contributed by atoms with Crippen LogP contribution in [0.4, 0.5) is 5.69 Å². The lowest BCUT2D eigenvalue weighted by atomic mass is 10.2. The van der Waals surface area contributed by atoms with E-state index in [9.17, 15) is 9.59 Å². The minimum atomic E-state index is -0.148. The van der Waals surface area contributed by atoms with Crippen LogP contribution in [-0.4, -0.2) is 20.9 Å². The van der Waals surface area contributed by atoms with Crippen molar-refractivity contribution in [3.8, 4) is 10.6 Å². The maximum atomic E-state index is 12.2. The lowest BCUT2D eigenvalue weighted by Crippen LogP contribution is -2.14. The summed E-state index contributed by atoms with van der Waals surface area (Å²) in [6.45, 7) is 0. The van der Waals surface area contributed by atoms with Crippen molar-refractivity contribution in [2.24, 2.45) is 0 Å². The molecule has 0 unspecified atom stereocenters. The Labute approximate surface area is 165 Å². The number of aryl methyl sites for hydroxylation is 1. The molecule has 0 aliphatic rings. The topological polar surface area (TPSA) is 87.7 Å². The highest BCUT2D eigenvalue weighted by Crippen LogP contribution is 2.23. The zero-order chi connectivity index (χ0) is 19.3. The lowest BCUT2D eigenvalue weighted by Gasteiger charge is -2.06. The minimum Gasteiger partial charge on any atom is -0.326 e. The van der Waals surface area contributed by atoms with Crippen molar-refractivity contribution in [1.29, 1.82) is 0 Å². The van der Waals surface area contributed by atoms with Gasteiger partial charge in [-0.25, -0.2) is 9.97 Å². The molecule has 2 aromatic carbocycles. The largest absolute Gasteiger partial charge is 0.326 e. The third-order valence-electron chi connectivity index (χ3n) is 4.33. The molecule has 0 saturated heterocycles. The van der Waals surface area contributed by atoms with Crippen LogP contribution in [0, 0.1) is 0 Å². The number of benzene rings is 2. The first-order valence-electron chi connectivity index (χ1n) is 8.97. The zero-order valence-electron chi connectivity index (χ0n) is 15.0. The van der Waals surface area contributed by atoms with Gasteiger partial charge in [-0.2, -0.15) is 0 Å². The van der Waals surface area contributed by atoms with Crippen LogP contribution in [0.5, 0.6) is 0 Å². The van der Waals surface area contributed by atoms with Crippen LogP contribution in [0.1, 0.15) is 18.7 Å². The summed E-state index contributed by atoms with van der Waals surface area (Å²) in [7, 11) is 0. The number of nitrogens with one attached hydrogen (secondary N) is 2. The fraction of sp³-hybridized carbons (Fsp3) is 0.143. The van der Waals surface area contributed by atoms with Gasteiger partial charge in [-0.1, -0.05) is 12.1 Å². The summed E-state index contributed by atoms with van der Waals surface area (Å²) in [6, 6.07) is 14.9. The highest BCUT2D eigenvalue weighted by atomic mass is 32.1. The predicted molar refractivity (Wildman–Crippen MR) is 111 cm³/mol. The number of H-pyrrole nitrogens is 1. The number of amides is 1. The highest BCUT2D eigenvalue weighted by molar-refractivity contribution is 7.13. The van der Waals surface area contributed by atoms with E-state index in [-0.39, 0.29) is 11.5 Å². The number of aromatic amines is 1. The Morgan fingerprint density at radius 1 is 1.11 bits per heavy atom. The summed E-state index contributed by atoms with van der Waals surface area (Å²) < 4.78 is 0. The number of fused-ring (bicyclic) bond motifs is 1. The molecule has 0 aliphatic heterocycles. The van der Waals surface area contributed by atoms with Crippen LogP contribution in [0.2, 0.25) is 0 Å². The van der Waals surface area contributed by atoms with Gasteiger partial charge in [0.15, 0.2) is 0 Å². The fourth-order valence-corrected chi connectivity index (χ4v) is 3.60. The number of carbonyl (C=O) groups excluding carboxylic acids is 1. The Bertz CT molecular complexity index is 1150. The summed E-state index contributed by atoms with van der Waals surface area (Å²) in [5.74, 6) is 0.537. The van der Waals surface area contributed by atoms with Crippen molar-refractivity contribution >= 4 is 33.8 Å². The van der Waals surface area contributed by atoms with Gasteiger partial charge in [-0.05, 0) is 42.8 Å². The molecule has 0 fully saturated rings. The van der Waals surface area contributed by atoms with Crippen molar-refractivity contribution in [3.05, 3.63) is 76.3 Å². The van der Waals surface area contributed by atoms with Crippen molar-refractivity contribution < 1.29 is 4.79 Å². The molecular formula is C21H18N4O2S. The van der Waals surface area contributed by atoms with Crippen LogP contribution >= 0.6 is 11.3 Å². The van der Waals surface area contributed by atoms with Gasteiger partial charge in [-0.15, -0.1) is 11.3 Å². The number of aromatic nitrogens is 3. The summed E-state index contributed by atoms with van der Waals surface area (Å²) in [6.07, 6.45) is 3.26. The maximum absolute atomic E-state index is 12.2. The van der Waals surface area contributed by atoms with Crippen LogP contribution < -0.4 is 10.9 Å². The summed E-state index contributed by atoms with van der Waals surface area (Å²) in [5.41, 5.74) is 2.30. The van der Waals surface area contributed by atoms with Crippen molar-refractivity contribution in [2.75, 3.05) is 5.32 Å². The molecule has 0 bridgehead atoms. The van der Waals surface area contributed by atoms with Crippen molar-refractivity contribution in [3.63, 3.8) is 0 Å². The maximum Gasteiger partial charge on any atom is 0.258 e. The number of hydrogen-bond donors (Lipinski definition) is 2. The van der Waals surface area contributed by atoms with E-state index in [4.69, 9.17) is 0 Å². The Kier molecular flexibility index (Phi) is 5.25. The molecule has 4 rings (SSSR count). The Hall–Kier alpha value is -3.32. The van der Waals surface area contributed by atoms with Gasteiger partial charge in [0.1, 0.15) is 10.8 Å². The lowest BCUT2D eigenvalue weighted by molar-refractivity contribution is -0.116. The number of nitrogens with zero attached hydrogens (tertiary/aromatic N) is 2. The Morgan fingerprint density at radius 3 is 2.71 bits per heavy atom. The summed E-state index contributed by atoms with van der Waals surface area (Å²) >= 11 is 1.58. The summed E-state index contributed by atoms with van der Waals surface area (Å²) in [5, 5.41) is 6.35. The van der Waals surface area contributed by atoms with E-state index in [2.05, 4.69) is 20.3 Å². The van der Waals surface area contributed by atoms with Gasteiger partial charge >= 0.3 is 0 Å². The molecule has 7 heteroatoms. The molecule has 2 aromatic heterocycles. The zero-order valence-corrected chi connectivity index (χ0v) is 15.8. The SMILES string of the molecule is O=C(CCCc1nc2ccccc2c(=O)[nH]1)Nc1ccc(-c2nccs2)cc1. The first kappa shape index (κ1) is 18.1. The predicted octanol–water partition coefficient (Wildman–Crippen LogP) is 4.01. The second kappa shape index (κ2) is 8.14. The molecule has 2 heterocycles. The van der Waals surface area contributed by atoms with Crippen LogP contribution in [0.3, 0.4) is 0 Å². The van der Waals surface area contributed by atoms with Crippen LogP contribution in [0.25, 0.3) is 21.5 Å².